The van der Waals surface area contributed by atoms with Gasteiger partial charge >= 0.3 is 0 Å². The van der Waals surface area contributed by atoms with Gasteiger partial charge in [-0.1, -0.05) is 17.9 Å². The average molecular weight is 301 g/mol. The highest BCUT2D eigenvalue weighted by molar-refractivity contribution is 7.12. The molecule has 4 nitrogen and oxygen atoms in total. The molecular weight excluding hydrogens is 286 g/mol. The van der Waals surface area contributed by atoms with Gasteiger partial charge in [0.15, 0.2) is 0 Å². The predicted octanol–water partition coefficient (Wildman–Crippen LogP) is 2.04. The second-order valence-electron chi connectivity index (χ2n) is 4.43. The number of aryl methyl sites for hydroxylation is 1. The van der Waals surface area contributed by atoms with E-state index in [1.807, 2.05) is 19.1 Å². The quantitative estimate of drug-likeness (QED) is 0.760. The predicted molar refractivity (Wildman–Crippen MR) is 82.3 cm³/mol. The van der Waals surface area contributed by atoms with Crippen molar-refractivity contribution in [3.63, 3.8) is 0 Å². The van der Waals surface area contributed by atoms with Crippen molar-refractivity contribution in [2.24, 2.45) is 0 Å². The Morgan fingerprint density at radius 3 is 2.86 bits per heavy atom. The first-order valence-corrected chi connectivity index (χ1v) is 7.18. The molecule has 21 heavy (non-hydrogen) atoms. The second-order valence-corrected chi connectivity index (χ2v) is 5.60. The number of rotatable bonds is 3. The van der Waals surface area contributed by atoms with E-state index in [2.05, 4.69) is 17.2 Å². The minimum Gasteiger partial charge on any atom is -0.507 e. The number of nitrogens with one attached hydrogen (secondary N) is 1. The van der Waals surface area contributed by atoms with Gasteiger partial charge in [-0.25, -0.2) is 0 Å². The van der Waals surface area contributed by atoms with Crippen molar-refractivity contribution in [2.45, 2.75) is 13.5 Å². The molecule has 0 radical (unpaired) electrons. The van der Waals surface area contributed by atoms with E-state index in [4.69, 9.17) is 5.11 Å². The molecule has 0 spiro atoms. The Labute approximate surface area is 127 Å². The van der Waals surface area contributed by atoms with Crippen LogP contribution in [-0.4, -0.2) is 22.7 Å². The van der Waals surface area contributed by atoms with Gasteiger partial charge in [-0.3, -0.25) is 4.79 Å². The number of hydrogen-bond acceptors (Lipinski definition) is 4. The molecule has 2 aromatic rings. The molecule has 1 aromatic heterocycles. The number of aromatic hydroxyl groups is 1. The molecule has 0 aliphatic carbocycles. The second kappa shape index (κ2) is 6.93. The molecule has 3 N–H and O–H groups in total. The van der Waals surface area contributed by atoms with Gasteiger partial charge in [0.05, 0.1) is 17.0 Å². The van der Waals surface area contributed by atoms with Gasteiger partial charge in [-0.05, 0) is 36.8 Å². The minimum absolute atomic E-state index is 0.0202. The highest BCUT2D eigenvalue weighted by atomic mass is 32.1. The van der Waals surface area contributed by atoms with Crippen LogP contribution in [0, 0.1) is 18.8 Å². The number of hydrogen-bond donors (Lipinski definition) is 3. The fourth-order valence-corrected chi connectivity index (χ4v) is 2.59. The van der Waals surface area contributed by atoms with Gasteiger partial charge in [-0.2, -0.15) is 0 Å². The van der Waals surface area contributed by atoms with Crippen LogP contribution in [0.3, 0.4) is 0 Å². The third-order valence-electron chi connectivity index (χ3n) is 2.77. The lowest BCUT2D eigenvalue weighted by atomic mass is 10.1. The van der Waals surface area contributed by atoms with E-state index in [1.54, 1.807) is 18.2 Å². The highest BCUT2D eigenvalue weighted by Crippen LogP contribution is 2.19. The van der Waals surface area contributed by atoms with Gasteiger partial charge in [0.1, 0.15) is 12.4 Å². The van der Waals surface area contributed by atoms with E-state index in [1.165, 1.54) is 11.3 Å². The lowest BCUT2D eigenvalue weighted by Crippen LogP contribution is -2.22. The number of aliphatic hydroxyl groups is 1. The third kappa shape index (κ3) is 4.09. The first kappa shape index (κ1) is 15.1. The Balaban J connectivity index is 1.99. The monoisotopic (exact) mass is 301 g/mol. The zero-order valence-electron chi connectivity index (χ0n) is 11.5. The summed E-state index contributed by atoms with van der Waals surface area (Å²) in [6.45, 7) is 2.05. The SMILES string of the molecule is Cc1ccc(C(=O)NCc2ccc(C#CCO)s2)c(O)c1. The minimum atomic E-state index is -0.316. The topological polar surface area (TPSA) is 69.6 Å². The van der Waals surface area contributed by atoms with Crippen LogP contribution < -0.4 is 5.32 Å². The van der Waals surface area contributed by atoms with E-state index in [0.717, 1.165) is 15.3 Å². The Kier molecular flexibility index (Phi) is 4.99. The standard InChI is InChI=1S/C16H15NO3S/c1-11-4-7-14(15(19)9-11)16(20)17-10-13-6-5-12(21-13)3-2-8-18/h4-7,9,18-19H,8,10H2,1H3,(H,17,20). The van der Waals surface area contributed by atoms with E-state index < -0.39 is 0 Å². The molecule has 1 amide bonds. The average Bonchev–Trinajstić information content (AvgIpc) is 2.90. The highest BCUT2D eigenvalue weighted by Gasteiger charge is 2.11. The smallest absolute Gasteiger partial charge is 0.255 e. The van der Waals surface area contributed by atoms with Gasteiger partial charge in [0, 0.05) is 4.88 Å². The van der Waals surface area contributed by atoms with E-state index in [9.17, 15) is 9.90 Å². The molecule has 0 unspecified atom stereocenters. The maximum Gasteiger partial charge on any atom is 0.255 e. The summed E-state index contributed by atoms with van der Waals surface area (Å²) in [7, 11) is 0. The van der Waals surface area contributed by atoms with Crippen LogP contribution in [-0.2, 0) is 6.54 Å². The molecule has 0 fully saturated rings. The van der Waals surface area contributed by atoms with Crippen LogP contribution in [0.2, 0.25) is 0 Å². The summed E-state index contributed by atoms with van der Waals surface area (Å²) in [4.78, 5) is 13.8. The summed E-state index contributed by atoms with van der Waals surface area (Å²) in [5.74, 6) is 5.06. The van der Waals surface area contributed by atoms with Crippen molar-refractivity contribution >= 4 is 17.2 Å². The first-order valence-electron chi connectivity index (χ1n) is 6.36. The normalized spacial score (nSPS) is 9.81. The van der Waals surface area contributed by atoms with Crippen molar-refractivity contribution in [2.75, 3.05) is 6.61 Å². The maximum absolute atomic E-state index is 12.0. The molecule has 108 valence electrons. The van der Waals surface area contributed by atoms with Crippen LogP contribution >= 0.6 is 11.3 Å². The van der Waals surface area contributed by atoms with Gasteiger partial charge < -0.3 is 15.5 Å². The zero-order valence-corrected chi connectivity index (χ0v) is 12.3. The van der Waals surface area contributed by atoms with Crippen molar-refractivity contribution in [1.82, 2.24) is 5.32 Å². The molecular formula is C16H15NO3S. The maximum atomic E-state index is 12.0. The largest absolute Gasteiger partial charge is 0.507 e. The fourth-order valence-electron chi connectivity index (χ4n) is 1.76. The number of aliphatic hydroxyl groups excluding tert-OH is 1. The number of thiophene rings is 1. The Morgan fingerprint density at radius 2 is 2.14 bits per heavy atom. The van der Waals surface area contributed by atoms with Crippen LogP contribution in [0.4, 0.5) is 0 Å². The van der Waals surface area contributed by atoms with E-state index in [-0.39, 0.29) is 23.8 Å². The molecule has 0 saturated heterocycles. The molecule has 1 aromatic carbocycles. The lowest BCUT2D eigenvalue weighted by molar-refractivity contribution is 0.0948. The number of amides is 1. The van der Waals surface area contributed by atoms with Crippen LogP contribution in [0.15, 0.2) is 30.3 Å². The summed E-state index contributed by atoms with van der Waals surface area (Å²) >= 11 is 1.45. The summed E-state index contributed by atoms with van der Waals surface area (Å²) in [5.41, 5.74) is 1.16. The summed E-state index contributed by atoms with van der Waals surface area (Å²) in [5, 5.41) is 21.2. The van der Waals surface area contributed by atoms with Gasteiger partial charge in [0.25, 0.3) is 5.91 Å². The Morgan fingerprint density at radius 1 is 1.33 bits per heavy atom. The van der Waals surface area contributed by atoms with Gasteiger partial charge in [0.2, 0.25) is 0 Å². The fraction of sp³-hybridized carbons (Fsp3) is 0.188. The Hall–Kier alpha value is -2.29. The molecule has 0 atom stereocenters. The van der Waals surface area contributed by atoms with Crippen molar-refractivity contribution < 1.29 is 15.0 Å². The summed E-state index contributed by atoms with van der Waals surface area (Å²) < 4.78 is 0. The molecule has 5 heteroatoms. The number of phenolic OH excluding ortho intramolecular Hbond substituents is 1. The first-order chi connectivity index (χ1) is 10.1. The molecule has 2 rings (SSSR count). The van der Waals surface area contributed by atoms with Crippen LogP contribution in [0.1, 0.15) is 25.7 Å². The summed E-state index contributed by atoms with van der Waals surface area (Å²) in [6.07, 6.45) is 0. The number of carbonyl (C=O) groups excluding carboxylic acids is 1. The third-order valence-corrected chi connectivity index (χ3v) is 3.77. The summed E-state index contributed by atoms with van der Waals surface area (Å²) in [6, 6.07) is 8.66. The lowest BCUT2D eigenvalue weighted by Gasteiger charge is -2.06. The zero-order chi connectivity index (χ0) is 15.2. The van der Waals surface area contributed by atoms with Crippen LogP contribution in [0.5, 0.6) is 5.75 Å². The van der Waals surface area contributed by atoms with E-state index >= 15 is 0 Å². The molecule has 1 heterocycles. The number of carbonyl (C=O) groups is 1. The number of benzene rings is 1. The van der Waals surface area contributed by atoms with Crippen molar-refractivity contribution in [3.05, 3.63) is 51.2 Å². The Bertz CT molecular complexity index is 710. The molecule has 0 saturated carbocycles. The van der Waals surface area contributed by atoms with Crippen LogP contribution in [0.25, 0.3) is 0 Å². The van der Waals surface area contributed by atoms with Crippen molar-refractivity contribution in [1.29, 1.82) is 0 Å². The molecule has 0 aliphatic rings. The van der Waals surface area contributed by atoms with Crippen molar-refractivity contribution in [3.8, 4) is 17.6 Å². The van der Waals surface area contributed by atoms with E-state index in [0.29, 0.717) is 6.54 Å². The molecule has 0 aliphatic heterocycles. The number of phenols is 1. The van der Waals surface area contributed by atoms with Gasteiger partial charge in [-0.15, -0.1) is 11.3 Å². The molecule has 0 bridgehead atoms.